The smallest absolute Gasteiger partial charge is 0.271 e. The van der Waals surface area contributed by atoms with Crippen LogP contribution < -0.4 is 10.1 Å². The first kappa shape index (κ1) is 17.3. The molecular formula is C21H19N3O2S. The van der Waals surface area contributed by atoms with E-state index in [1.54, 1.807) is 24.6 Å². The number of amides is 1. The summed E-state index contributed by atoms with van der Waals surface area (Å²) in [6.07, 6.45) is 4.56. The minimum atomic E-state index is -0.148. The molecule has 1 N–H and O–H groups in total. The van der Waals surface area contributed by atoms with Gasteiger partial charge in [0.1, 0.15) is 11.4 Å². The molecule has 4 aromatic rings. The van der Waals surface area contributed by atoms with Gasteiger partial charge in [-0.1, -0.05) is 53.8 Å². The van der Waals surface area contributed by atoms with Crippen LogP contribution in [0.2, 0.25) is 0 Å². The van der Waals surface area contributed by atoms with E-state index in [9.17, 15) is 4.79 Å². The lowest BCUT2D eigenvalue weighted by Crippen LogP contribution is -2.25. The van der Waals surface area contributed by atoms with Crippen molar-refractivity contribution in [3.8, 4) is 16.2 Å². The molecule has 0 aliphatic heterocycles. The van der Waals surface area contributed by atoms with Crippen LogP contribution in [0.3, 0.4) is 0 Å². The normalized spacial score (nSPS) is 10.9. The summed E-state index contributed by atoms with van der Waals surface area (Å²) in [5.74, 6) is 0.668. The minimum absolute atomic E-state index is 0.148. The van der Waals surface area contributed by atoms with Crippen LogP contribution >= 0.6 is 11.3 Å². The summed E-state index contributed by atoms with van der Waals surface area (Å²) in [7, 11) is 1.66. The average molecular weight is 377 g/mol. The highest BCUT2D eigenvalue weighted by Gasteiger charge is 2.13. The van der Waals surface area contributed by atoms with E-state index >= 15 is 0 Å². The van der Waals surface area contributed by atoms with E-state index < -0.39 is 0 Å². The van der Waals surface area contributed by atoms with E-state index in [1.807, 2.05) is 53.1 Å². The fourth-order valence-electron chi connectivity index (χ4n) is 2.87. The maximum absolute atomic E-state index is 12.3. The van der Waals surface area contributed by atoms with Crippen molar-refractivity contribution in [3.05, 3.63) is 78.2 Å². The fourth-order valence-corrected chi connectivity index (χ4v) is 3.83. The Balaban J connectivity index is 1.44. The van der Waals surface area contributed by atoms with Crippen LogP contribution in [0, 0.1) is 0 Å². The van der Waals surface area contributed by atoms with Crippen molar-refractivity contribution in [1.82, 2.24) is 14.7 Å². The van der Waals surface area contributed by atoms with Crippen molar-refractivity contribution in [2.24, 2.45) is 0 Å². The van der Waals surface area contributed by atoms with Gasteiger partial charge in [0, 0.05) is 18.9 Å². The van der Waals surface area contributed by atoms with Crippen LogP contribution in [0.1, 0.15) is 16.1 Å². The lowest BCUT2D eigenvalue weighted by molar-refractivity contribution is 0.0950. The molecule has 0 saturated carbocycles. The van der Waals surface area contributed by atoms with Gasteiger partial charge in [-0.25, -0.2) is 4.98 Å². The Morgan fingerprint density at radius 2 is 2.00 bits per heavy atom. The number of methoxy groups -OCH3 is 1. The molecule has 0 radical (unpaired) electrons. The van der Waals surface area contributed by atoms with Crippen molar-refractivity contribution >= 4 is 22.2 Å². The molecule has 0 aliphatic carbocycles. The third kappa shape index (κ3) is 3.85. The molecule has 1 amide bonds. The van der Waals surface area contributed by atoms with Crippen LogP contribution in [-0.2, 0) is 6.42 Å². The van der Waals surface area contributed by atoms with Gasteiger partial charge in [-0.3, -0.25) is 9.20 Å². The first-order valence-corrected chi connectivity index (χ1v) is 9.49. The number of fused-ring (bicyclic) bond motifs is 1. The number of hydrogen-bond donors (Lipinski definition) is 1. The maximum Gasteiger partial charge on any atom is 0.271 e. The summed E-state index contributed by atoms with van der Waals surface area (Å²) in [6, 6.07) is 18.0. The van der Waals surface area contributed by atoms with Crippen molar-refractivity contribution in [1.29, 1.82) is 0 Å². The molecule has 27 heavy (non-hydrogen) atoms. The molecule has 0 atom stereocenters. The largest absolute Gasteiger partial charge is 0.497 e. The van der Waals surface area contributed by atoms with Crippen LogP contribution in [-0.4, -0.2) is 28.9 Å². The number of rotatable bonds is 6. The second-order valence-electron chi connectivity index (χ2n) is 6.13. The monoisotopic (exact) mass is 377 g/mol. The number of imidazole rings is 1. The van der Waals surface area contributed by atoms with E-state index in [-0.39, 0.29) is 5.91 Å². The molecule has 0 fully saturated rings. The Kier molecular flexibility index (Phi) is 4.89. The predicted octanol–water partition coefficient (Wildman–Crippen LogP) is 4.04. The molecule has 2 heterocycles. The van der Waals surface area contributed by atoms with Crippen LogP contribution in [0.5, 0.6) is 5.75 Å². The van der Waals surface area contributed by atoms with E-state index in [0.29, 0.717) is 12.2 Å². The van der Waals surface area contributed by atoms with Gasteiger partial charge in [-0.15, -0.1) is 0 Å². The molecule has 136 valence electrons. The van der Waals surface area contributed by atoms with Crippen molar-refractivity contribution in [2.75, 3.05) is 13.7 Å². The summed E-state index contributed by atoms with van der Waals surface area (Å²) in [4.78, 5) is 18.7. The first-order valence-electron chi connectivity index (χ1n) is 8.68. The van der Waals surface area contributed by atoms with E-state index in [1.165, 1.54) is 5.56 Å². The molecule has 0 aliphatic rings. The highest BCUT2D eigenvalue weighted by atomic mass is 32.1. The van der Waals surface area contributed by atoms with Gasteiger partial charge in [-0.2, -0.15) is 0 Å². The minimum Gasteiger partial charge on any atom is -0.497 e. The standard InChI is InChI=1S/C21H19N3O2S/c1-26-17-9-5-8-16(12-17)19-14-24-13-18(23-21(24)27-19)20(25)22-11-10-15-6-3-2-4-7-15/h2-9,12-14H,10-11H2,1H3,(H,22,25). The zero-order valence-corrected chi connectivity index (χ0v) is 15.7. The number of nitrogens with zero attached hydrogens (tertiary/aromatic N) is 2. The lowest BCUT2D eigenvalue weighted by atomic mass is 10.1. The Hall–Kier alpha value is -3.12. The average Bonchev–Trinajstić information content (AvgIpc) is 3.28. The molecule has 6 heteroatoms. The highest BCUT2D eigenvalue weighted by Crippen LogP contribution is 2.30. The van der Waals surface area contributed by atoms with E-state index in [0.717, 1.165) is 27.6 Å². The molecule has 4 rings (SSSR count). The third-order valence-electron chi connectivity index (χ3n) is 4.28. The van der Waals surface area contributed by atoms with Gasteiger partial charge in [-0.05, 0) is 29.7 Å². The van der Waals surface area contributed by atoms with E-state index in [2.05, 4.69) is 22.4 Å². The van der Waals surface area contributed by atoms with Crippen molar-refractivity contribution in [3.63, 3.8) is 0 Å². The molecule has 0 spiro atoms. The van der Waals surface area contributed by atoms with Gasteiger partial charge in [0.25, 0.3) is 5.91 Å². The SMILES string of the molecule is COc1cccc(-c2cn3cc(C(=O)NCCc4ccccc4)nc3s2)c1. The Bertz CT molecular complexity index is 1040. The second-order valence-corrected chi connectivity index (χ2v) is 7.14. The van der Waals surface area contributed by atoms with Crippen LogP contribution in [0.25, 0.3) is 15.4 Å². The Morgan fingerprint density at radius 1 is 1.15 bits per heavy atom. The molecule has 2 aromatic carbocycles. The first-order chi connectivity index (χ1) is 13.2. The second kappa shape index (κ2) is 7.63. The summed E-state index contributed by atoms with van der Waals surface area (Å²) in [6.45, 7) is 0.586. The number of carbonyl (C=O) groups excluding carboxylic acids is 1. The third-order valence-corrected chi connectivity index (χ3v) is 5.33. The van der Waals surface area contributed by atoms with E-state index in [4.69, 9.17) is 4.74 Å². The molecule has 2 aromatic heterocycles. The molecular weight excluding hydrogens is 358 g/mol. The number of benzene rings is 2. The highest BCUT2D eigenvalue weighted by molar-refractivity contribution is 7.20. The number of nitrogens with one attached hydrogen (secondary N) is 1. The molecule has 0 saturated heterocycles. The number of thiazole rings is 1. The maximum atomic E-state index is 12.3. The van der Waals surface area contributed by atoms with Gasteiger partial charge >= 0.3 is 0 Å². The summed E-state index contributed by atoms with van der Waals surface area (Å²) in [5.41, 5.74) is 2.71. The topological polar surface area (TPSA) is 55.6 Å². The van der Waals surface area contributed by atoms with Crippen LogP contribution in [0.4, 0.5) is 0 Å². The molecule has 0 unspecified atom stereocenters. The number of carbonyl (C=O) groups is 1. The van der Waals surface area contributed by atoms with Crippen LogP contribution in [0.15, 0.2) is 67.0 Å². The molecule has 0 bridgehead atoms. The van der Waals surface area contributed by atoms with Gasteiger partial charge < -0.3 is 10.1 Å². The fraction of sp³-hybridized carbons (Fsp3) is 0.143. The van der Waals surface area contributed by atoms with Gasteiger partial charge in [0.15, 0.2) is 4.96 Å². The lowest BCUT2D eigenvalue weighted by Gasteiger charge is -2.03. The zero-order valence-electron chi connectivity index (χ0n) is 14.9. The zero-order chi connectivity index (χ0) is 18.6. The summed E-state index contributed by atoms with van der Waals surface area (Å²) in [5, 5.41) is 2.93. The predicted molar refractivity (Wildman–Crippen MR) is 108 cm³/mol. The van der Waals surface area contributed by atoms with Crippen molar-refractivity contribution < 1.29 is 9.53 Å². The Labute approximate surface area is 161 Å². The number of ether oxygens (including phenoxy) is 1. The number of hydrogen-bond acceptors (Lipinski definition) is 4. The van der Waals surface area contributed by atoms with Gasteiger partial charge in [0.05, 0.1) is 12.0 Å². The van der Waals surface area contributed by atoms with Gasteiger partial charge in [0.2, 0.25) is 0 Å². The Morgan fingerprint density at radius 3 is 2.78 bits per heavy atom. The molecule has 5 nitrogen and oxygen atoms in total. The van der Waals surface area contributed by atoms with Crippen molar-refractivity contribution in [2.45, 2.75) is 6.42 Å². The summed E-state index contributed by atoms with van der Waals surface area (Å²) < 4.78 is 7.18. The quantitative estimate of drug-likeness (QED) is 0.552. The summed E-state index contributed by atoms with van der Waals surface area (Å²) >= 11 is 1.54. The number of aromatic nitrogens is 2.